The number of ether oxygens (including phenoxy) is 1. The van der Waals surface area contributed by atoms with Gasteiger partial charge < -0.3 is 14.5 Å². The highest BCUT2D eigenvalue weighted by Crippen LogP contribution is 2.38. The van der Waals surface area contributed by atoms with Crippen molar-refractivity contribution in [1.29, 1.82) is 0 Å². The Labute approximate surface area is 170 Å². The molecule has 1 aliphatic rings. The molecule has 29 heavy (non-hydrogen) atoms. The van der Waals surface area contributed by atoms with E-state index in [0.29, 0.717) is 17.0 Å². The standard InChI is InChI=1S/C22H26N2O5/c1-6-21(2,3)23-18(25)13-24-15-12-14(19(26)17-8-7-11-28-17)9-10-16(15)29-22(4,5)20(24)27/h7-12H,6,13H2,1-5H3,(H,23,25). The van der Waals surface area contributed by atoms with Gasteiger partial charge in [0.05, 0.1) is 12.0 Å². The van der Waals surface area contributed by atoms with Crippen LogP contribution in [-0.4, -0.2) is 35.3 Å². The Morgan fingerprint density at radius 2 is 1.93 bits per heavy atom. The first-order chi connectivity index (χ1) is 13.5. The van der Waals surface area contributed by atoms with Gasteiger partial charge in [-0.25, -0.2) is 0 Å². The fraction of sp³-hybridized carbons (Fsp3) is 0.409. The van der Waals surface area contributed by atoms with Crippen LogP contribution in [0.2, 0.25) is 0 Å². The van der Waals surface area contributed by atoms with Crippen LogP contribution in [0, 0.1) is 0 Å². The molecular weight excluding hydrogens is 372 g/mol. The van der Waals surface area contributed by atoms with Gasteiger partial charge in [-0.15, -0.1) is 0 Å². The highest BCUT2D eigenvalue weighted by molar-refractivity contribution is 6.10. The van der Waals surface area contributed by atoms with Crippen molar-refractivity contribution in [3.05, 3.63) is 47.9 Å². The van der Waals surface area contributed by atoms with Crippen molar-refractivity contribution in [2.75, 3.05) is 11.4 Å². The van der Waals surface area contributed by atoms with E-state index < -0.39 is 5.60 Å². The Bertz CT molecular complexity index is 944. The largest absolute Gasteiger partial charge is 0.476 e. The molecule has 0 radical (unpaired) electrons. The van der Waals surface area contributed by atoms with Gasteiger partial charge in [-0.05, 0) is 64.4 Å². The lowest BCUT2D eigenvalue weighted by molar-refractivity contribution is -0.134. The number of ketones is 1. The second kappa shape index (κ2) is 7.39. The normalized spacial score (nSPS) is 15.5. The molecule has 0 unspecified atom stereocenters. The van der Waals surface area contributed by atoms with Gasteiger partial charge >= 0.3 is 0 Å². The third-order valence-corrected chi connectivity index (χ3v) is 5.05. The van der Waals surface area contributed by atoms with Crippen LogP contribution in [0.4, 0.5) is 5.69 Å². The number of rotatable bonds is 6. The first-order valence-electron chi connectivity index (χ1n) is 9.58. The molecule has 7 heteroatoms. The molecular formula is C22H26N2O5. The van der Waals surface area contributed by atoms with Crippen LogP contribution in [-0.2, 0) is 9.59 Å². The number of anilines is 1. The smallest absolute Gasteiger partial charge is 0.271 e. The lowest BCUT2D eigenvalue weighted by Crippen LogP contribution is -2.56. The monoisotopic (exact) mass is 398 g/mol. The Hall–Kier alpha value is -3.09. The highest BCUT2D eigenvalue weighted by Gasteiger charge is 2.42. The van der Waals surface area contributed by atoms with Crippen LogP contribution >= 0.6 is 0 Å². The first kappa shape index (κ1) is 20.6. The SMILES string of the molecule is CCC(C)(C)NC(=O)CN1C(=O)C(C)(C)Oc2ccc(C(=O)c3ccco3)cc21. The number of hydrogen-bond donors (Lipinski definition) is 1. The minimum atomic E-state index is -1.12. The van der Waals surface area contributed by atoms with Gasteiger partial charge in [-0.2, -0.15) is 0 Å². The number of fused-ring (bicyclic) bond motifs is 1. The summed E-state index contributed by atoms with van der Waals surface area (Å²) in [5.41, 5.74) is -0.785. The molecule has 2 heterocycles. The predicted molar refractivity (Wildman–Crippen MR) is 108 cm³/mol. The van der Waals surface area contributed by atoms with Crippen LogP contribution in [0.15, 0.2) is 41.0 Å². The topological polar surface area (TPSA) is 88.9 Å². The summed E-state index contributed by atoms with van der Waals surface area (Å²) >= 11 is 0. The molecule has 1 aromatic carbocycles. The molecule has 0 saturated carbocycles. The fourth-order valence-corrected chi connectivity index (χ4v) is 3.06. The molecule has 1 aromatic heterocycles. The maximum atomic E-state index is 13.0. The second-order valence-electron chi connectivity index (χ2n) is 8.28. The zero-order chi connectivity index (χ0) is 21.4. The van der Waals surface area contributed by atoms with Crippen molar-refractivity contribution in [3.63, 3.8) is 0 Å². The van der Waals surface area contributed by atoms with Gasteiger partial charge in [-0.1, -0.05) is 6.92 Å². The van der Waals surface area contributed by atoms with E-state index >= 15 is 0 Å². The molecule has 2 aromatic rings. The number of amides is 2. The summed E-state index contributed by atoms with van der Waals surface area (Å²) < 4.78 is 11.0. The van der Waals surface area contributed by atoms with Crippen LogP contribution in [0.3, 0.4) is 0 Å². The van der Waals surface area contributed by atoms with Gasteiger partial charge in [-0.3, -0.25) is 19.3 Å². The summed E-state index contributed by atoms with van der Waals surface area (Å²) in [4.78, 5) is 39.7. The Morgan fingerprint density at radius 3 is 2.55 bits per heavy atom. The van der Waals surface area contributed by atoms with Crippen molar-refractivity contribution >= 4 is 23.3 Å². The molecule has 154 valence electrons. The second-order valence-corrected chi connectivity index (χ2v) is 8.28. The van der Waals surface area contributed by atoms with Crippen molar-refractivity contribution < 1.29 is 23.5 Å². The van der Waals surface area contributed by atoms with E-state index in [9.17, 15) is 14.4 Å². The van der Waals surface area contributed by atoms with Crippen molar-refractivity contribution in [2.24, 2.45) is 0 Å². The van der Waals surface area contributed by atoms with E-state index in [2.05, 4.69) is 5.32 Å². The average molecular weight is 398 g/mol. The fourth-order valence-electron chi connectivity index (χ4n) is 3.06. The summed E-state index contributed by atoms with van der Waals surface area (Å²) in [6.07, 6.45) is 2.17. The molecule has 1 aliphatic heterocycles. The molecule has 0 aliphatic carbocycles. The van der Waals surface area contributed by atoms with Gasteiger partial charge in [0.2, 0.25) is 11.7 Å². The number of furan rings is 1. The number of carbonyl (C=O) groups excluding carboxylic acids is 3. The van der Waals surface area contributed by atoms with E-state index in [0.717, 1.165) is 6.42 Å². The summed E-state index contributed by atoms with van der Waals surface area (Å²) in [6.45, 7) is 8.96. The number of benzene rings is 1. The Balaban J connectivity index is 1.96. The van der Waals surface area contributed by atoms with Crippen LogP contribution < -0.4 is 15.0 Å². The summed E-state index contributed by atoms with van der Waals surface area (Å²) in [7, 11) is 0. The lowest BCUT2D eigenvalue weighted by atomic mass is 10.0. The molecule has 2 amide bonds. The van der Waals surface area contributed by atoms with Gasteiger partial charge in [0.1, 0.15) is 12.3 Å². The van der Waals surface area contributed by atoms with Crippen molar-refractivity contribution in [2.45, 2.75) is 52.2 Å². The average Bonchev–Trinajstić information content (AvgIpc) is 3.18. The van der Waals surface area contributed by atoms with Gasteiger partial charge in [0.15, 0.2) is 11.4 Å². The number of carbonyl (C=O) groups is 3. The molecule has 7 nitrogen and oxygen atoms in total. The predicted octanol–water partition coefficient (Wildman–Crippen LogP) is 3.32. The lowest BCUT2D eigenvalue weighted by Gasteiger charge is -2.39. The van der Waals surface area contributed by atoms with Crippen molar-refractivity contribution in [3.8, 4) is 5.75 Å². The first-order valence-corrected chi connectivity index (χ1v) is 9.58. The molecule has 0 bridgehead atoms. The summed E-state index contributed by atoms with van der Waals surface area (Å²) in [6, 6.07) is 8.03. The minimum Gasteiger partial charge on any atom is -0.476 e. The maximum absolute atomic E-state index is 13.0. The molecule has 0 fully saturated rings. The van der Waals surface area contributed by atoms with Crippen LogP contribution in [0.5, 0.6) is 5.75 Å². The minimum absolute atomic E-state index is 0.166. The Morgan fingerprint density at radius 1 is 1.21 bits per heavy atom. The third kappa shape index (κ3) is 4.18. The van der Waals surface area contributed by atoms with E-state index in [1.165, 1.54) is 11.2 Å². The number of nitrogens with one attached hydrogen (secondary N) is 1. The maximum Gasteiger partial charge on any atom is 0.271 e. The molecule has 0 saturated heterocycles. The van der Waals surface area contributed by atoms with Crippen LogP contribution in [0.25, 0.3) is 0 Å². The Kier molecular flexibility index (Phi) is 5.26. The van der Waals surface area contributed by atoms with E-state index in [-0.39, 0.29) is 35.4 Å². The zero-order valence-corrected chi connectivity index (χ0v) is 17.4. The van der Waals surface area contributed by atoms with Gasteiger partial charge in [0.25, 0.3) is 5.91 Å². The molecule has 0 spiro atoms. The van der Waals surface area contributed by atoms with E-state index in [1.54, 1.807) is 44.2 Å². The molecule has 1 N–H and O–H groups in total. The van der Waals surface area contributed by atoms with Crippen molar-refractivity contribution in [1.82, 2.24) is 5.32 Å². The molecule has 3 rings (SSSR count). The number of hydrogen-bond acceptors (Lipinski definition) is 5. The van der Waals surface area contributed by atoms with E-state index in [1.807, 2.05) is 20.8 Å². The zero-order valence-electron chi connectivity index (χ0n) is 17.4. The van der Waals surface area contributed by atoms with Crippen LogP contribution in [0.1, 0.15) is 57.2 Å². The highest BCUT2D eigenvalue weighted by atomic mass is 16.5. The van der Waals surface area contributed by atoms with Gasteiger partial charge in [0, 0.05) is 11.1 Å². The summed E-state index contributed by atoms with van der Waals surface area (Å²) in [5, 5.41) is 2.94. The van der Waals surface area contributed by atoms with E-state index in [4.69, 9.17) is 9.15 Å². The number of nitrogens with zero attached hydrogens (tertiary/aromatic N) is 1. The molecule has 0 atom stereocenters. The third-order valence-electron chi connectivity index (χ3n) is 5.05. The summed E-state index contributed by atoms with van der Waals surface area (Å²) in [5.74, 6) is -0.310. The quantitative estimate of drug-likeness (QED) is 0.754.